The van der Waals surface area contributed by atoms with Crippen LogP contribution in [0.4, 0.5) is 5.13 Å². The Kier molecular flexibility index (Phi) is 5.22. The van der Waals surface area contributed by atoms with Gasteiger partial charge in [-0.1, -0.05) is 18.2 Å². The van der Waals surface area contributed by atoms with Gasteiger partial charge in [-0.25, -0.2) is 9.97 Å². The zero-order chi connectivity index (χ0) is 21.4. The largest absolute Gasteiger partial charge is 0.300 e. The van der Waals surface area contributed by atoms with Crippen LogP contribution in [0, 0.1) is 27.7 Å². The average molecular weight is 419 g/mol. The van der Waals surface area contributed by atoms with E-state index >= 15 is 0 Å². The summed E-state index contributed by atoms with van der Waals surface area (Å²) in [5.41, 5.74) is 6.53. The Morgan fingerprint density at radius 1 is 1.07 bits per heavy atom. The number of thiazole rings is 1. The second kappa shape index (κ2) is 7.84. The summed E-state index contributed by atoms with van der Waals surface area (Å²) in [6, 6.07) is 11.6. The van der Waals surface area contributed by atoms with Crippen molar-refractivity contribution in [2.45, 2.75) is 34.2 Å². The summed E-state index contributed by atoms with van der Waals surface area (Å²) >= 11 is 1.43. The van der Waals surface area contributed by atoms with E-state index in [0.717, 1.165) is 21.7 Å². The van der Waals surface area contributed by atoms with Gasteiger partial charge in [-0.05, 0) is 62.6 Å². The molecule has 0 bridgehead atoms. The molecule has 0 aliphatic heterocycles. The summed E-state index contributed by atoms with van der Waals surface area (Å²) in [6.45, 7) is 8.15. The molecule has 4 rings (SSSR count). The minimum absolute atomic E-state index is 0.0987. The van der Waals surface area contributed by atoms with Gasteiger partial charge < -0.3 is 5.32 Å². The van der Waals surface area contributed by atoms with Gasteiger partial charge >= 0.3 is 0 Å². The molecule has 0 atom stereocenters. The van der Waals surface area contributed by atoms with Gasteiger partial charge in [0, 0.05) is 10.4 Å². The zero-order valence-electron chi connectivity index (χ0n) is 17.3. The standard InChI is InChI=1S/C23H22N4O2S/c1-13-9-15(3)17(10-14(13)2)22-16(4)30-23(26-22)25-20(28)12-27-19-8-6-5-7-18(19)24-11-21(27)29/h5-11H,12H2,1-4H3,(H,25,26,28). The van der Waals surface area contributed by atoms with Gasteiger partial charge in [0.1, 0.15) is 6.54 Å². The summed E-state index contributed by atoms with van der Waals surface area (Å²) in [5, 5.41) is 3.37. The number of aryl methyl sites for hydroxylation is 4. The molecule has 7 heteroatoms. The molecule has 2 aromatic carbocycles. The van der Waals surface area contributed by atoms with Crippen molar-refractivity contribution in [3.8, 4) is 11.3 Å². The lowest BCUT2D eigenvalue weighted by Crippen LogP contribution is -2.27. The van der Waals surface area contributed by atoms with E-state index in [1.807, 2.05) is 25.1 Å². The summed E-state index contributed by atoms with van der Waals surface area (Å²) < 4.78 is 1.42. The van der Waals surface area contributed by atoms with E-state index in [2.05, 4.69) is 48.2 Å². The number of para-hydroxylation sites is 2. The van der Waals surface area contributed by atoms with Crippen LogP contribution < -0.4 is 10.9 Å². The molecule has 0 aliphatic carbocycles. The van der Waals surface area contributed by atoms with Crippen LogP contribution in [-0.4, -0.2) is 20.4 Å². The highest BCUT2D eigenvalue weighted by atomic mass is 32.1. The number of nitrogens with one attached hydrogen (secondary N) is 1. The van der Waals surface area contributed by atoms with Crippen molar-refractivity contribution in [3.63, 3.8) is 0 Å². The first-order chi connectivity index (χ1) is 14.3. The van der Waals surface area contributed by atoms with E-state index < -0.39 is 0 Å². The molecule has 0 unspecified atom stereocenters. The summed E-state index contributed by atoms with van der Waals surface area (Å²) in [4.78, 5) is 34.8. The van der Waals surface area contributed by atoms with Crippen LogP contribution in [0.3, 0.4) is 0 Å². The molecule has 0 saturated heterocycles. The monoisotopic (exact) mass is 418 g/mol. The maximum absolute atomic E-state index is 12.7. The molecule has 2 aromatic heterocycles. The molecule has 0 aliphatic rings. The average Bonchev–Trinajstić information content (AvgIpc) is 3.06. The van der Waals surface area contributed by atoms with Crippen LogP contribution in [0.5, 0.6) is 0 Å². The first kappa shape index (κ1) is 20.0. The number of hydrogen-bond acceptors (Lipinski definition) is 5. The highest BCUT2D eigenvalue weighted by Gasteiger charge is 2.16. The van der Waals surface area contributed by atoms with Crippen LogP contribution in [0.15, 0.2) is 47.4 Å². The molecule has 6 nitrogen and oxygen atoms in total. The van der Waals surface area contributed by atoms with Crippen LogP contribution in [0.25, 0.3) is 22.3 Å². The fourth-order valence-electron chi connectivity index (χ4n) is 3.50. The van der Waals surface area contributed by atoms with E-state index in [1.54, 1.807) is 6.07 Å². The topological polar surface area (TPSA) is 76.9 Å². The normalized spacial score (nSPS) is 11.1. The molecule has 0 saturated carbocycles. The summed E-state index contributed by atoms with van der Waals surface area (Å²) in [6.07, 6.45) is 1.24. The third-order valence-electron chi connectivity index (χ3n) is 5.19. The van der Waals surface area contributed by atoms with E-state index in [-0.39, 0.29) is 18.0 Å². The Labute approximate surface area is 178 Å². The first-order valence-corrected chi connectivity index (χ1v) is 10.4. The number of fused-ring (bicyclic) bond motifs is 1. The van der Waals surface area contributed by atoms with E-state index in [4.69, 9.17) is 0 Å². The molecular formula is C23H22N4O2S. The van der Waals surface area contributed by atoms with Gasteiger partial charge in [-0.15, -0.1) is 11.3 Å². The molecule has 1 N–H and O–H groups in total. The molecule has 0 fully saturated rings. The quantitative estimate of drug-likeness (QED) is 0.533. The van der Waals surface area contributed by atoms with Crippen molar-refractivity contribution in [2.75, 3.05) is 5.32 Å². The first-order valence-electron chi connectivity index (χ1n) is 9.63. The molecule has 30 heavy (non-hydrogen) atoms. The second-order valence-electron chi connectivity index (χ2n) is 7.39. The highest BCUT2D eigenvalue weighted by Crippen LogP contribution is 2.33. The highest BCUT2D eigenvalue weighted by molar-refractivity contribution is 7.16. The number of anilines is 1. The third-order valence-corrected chi connectivity index (χ3v) is 6.08. The summed E-state index contributed by atoms with van der Waals surface area (Å²) in [5.74, 6) is -0.300. The Morgan fingerprint density at radius 3 is 2.60 bits per heavy atom. The van der Waals surface area contributed by atoms with Gasteiger partial charge in [0.2, 0.25) is 5.91 Å². The van der Waals surface area contributed by atoms with E-state index in [0.29, 0.717) is 16.2 Å². The third kappa shape index (κ3) is 3.76. The van der Waals surface area contributed by atoms with Crippen molar-refractivity contribution in [1.29, 1.82) is 0 Å². The molecular weight excluding hydrogens is 396 g/mol. The number of benzene rings is 2. The van der Waals surface area contributed by atoms with Crippen LogP contribution in [-0.2, 0) is 11.3 Å². The maximum Gasteiger partial charge on any atom is 0.269 e. The van der Waals surface area contributed by atoms with Crippen molar-refractivity contribution < 1.29 is 4.79 Å². The van der Waals surface area contributed by atoms with Crippen molar-refractivity contribution in [1.82, 2.24) is 14.5 Å². The number of nitrogens with zero attached hydrogens (tertiary/aromatic N) is 3. The lowest BCUT2D eigenvalue weighted by molar-refractivity contribution is -0.116. The van der Waals surface area contributed by atoms with Gasteiger partial charge in [-0.3, -0.25) is 14.2 Å². The van der Waals surface area contributed by atoms with Crippen LogP contribution in [0.2, 0.25) is 0 Å². The Balaban J connectivity index is 1.60. The van der Waals surface area contributed by atoms with E-state index in [9.17, 15) is 9.59 Å². The number of hydrogen-bond donors (Lipinski definition) is 1. The van der Waals surface area contributed by atoms with Crippen molar-refractivity contribution in [2.24, 2.45) is 0 Å². The Bertz CT molecular complexity index is 1340. The molecule has 152 valence electrons. The van der Waals surface area contributed by atoms with Gasteiger partial charge in [0.05, 0.1) is 22.9 Å². The number of aromatic nitrogens is 3. The molecule has 4 aromatic rings. The zero-order valence-corrected chi connectivity index (χ0v) is 18.1. The molecule has 2 heterocycles. The van der Waals surface area contributed by atoms with E-state index in [1.165, 1.54) is 33.2 Å². The van der Waals surface area contributed by atoms with Crippen molar-refractivity contribution in [3.05, 3.63) is 74.5 Å². The molecule has 1 amide bonds. The smallest absolute Gasteiger partial charge is 0.269 e. The summed E-state index contributed by atoms with van der Waals surface area (Å²) in [7, 11) is 0. The Morgan fingerprint density at radius 2 is 1.80 bits per heavy atom. The fraction of sp³-hybridized carbons (Fsp3) is 0.217. The number of carbonyl (C=O) groups is 1. The lowest BCUT2D eigenvalue weighted by atomic mass is 9.98. The predicted molar refractivity (Wildman–Crippen MR) is 121 cm³/mol. The predicted octanol–water partition coefficient (Wildman–Crippen LogP) is 4.39. The molecule has 0 spiro atoms. The molecule has 0 radical (unpaired) electrons. The SMILES string of the molecule is Cc1cc(C)c(-c2nc(NC(=O)Cn3c(=O)cnc4ccccc43)sc2C)cc1C. The van der Waals surface area contributed by atoms with Crippen LogP contribution >= 0.6 is 11.3 Å². The number of carbonyl (C=O) groups excluding carboxylic acids is 1. The van der Waals surface area contributed by atoms with Crippen LogP contribution in [0.1, 0.15) is 21.6 Å². The minimum Gasteiger partial charge on any atom is -0.300 e. The lowest BCUT2D eigenvalue weighted by Gasteiger charge is -2.09. The van der Waals surface area contributed by atoms with Gasteiger partial charge in [0.25, 0.3) is 5.56 Å². The van der Waals surface area contributed by atoms with Gasteiger partial charge in [-0.2, -0.15) is 0 Å². The number of rotatable bonds is 4. The maximum atomic E-state index is 12.7. The van der Waals surface area contributed by atoms with Gasteiger partial charge in [0.15, 0.2) is 5.13 Å². The van der Waals surface area contributed by atoms with Crippen molar-refractivity contribution >= 4 is 33.4 Å². The number of amides is 1. The Hall–Kier alpha value is -3.32. The fourth-order valence-corrected chi connectivity index (χ4v) is 4.34. The second-order valence-corrected chi connectivity index (χ2v) is 8.60. The minimum atomic E-state index is -0.314.